The highest BCUT2D eigenvalue weighted by molar-refractivity contribution is 7.96. The average Bonchev–Trinajstić information content (AvgIpc) is 1.63. The summed E-state index contributed by atoms with van der Waals surface area (Å²) in [5.41, 5.74) is 0. The molecule has 0 rings (SSSR count). The fraction of sp³-hybridized carbons (Fsp3) is 0.833. The molecule has 0 aromatic heterocycles. The summed E-state index contributed by atoms with van der Waals surface area (Å²) < 4.78 is 4.94. The maximum absolute atomic E-state index is 7.20. The maximum atomic E-state index is 7.20. The Morgan fingerprint density at radius 1 is 1.56 bits per heavy atom. The van der Waals surface area contributed by atoms with Crippen LogP contribution in [-0.4, -0.2) is 30.8 Å². The van der Waals surface area contributed by atoms with Crippen molar-refractivity contribution in [2.45, 2.75) is 6.92 Å². The van der Waals surface area contributed by atoms with E-state index in [2.05, 4.69) is 12.5 Å². The lowest BCUT2D eigenvalue weighted by atomic mass is 10.7. The van der Waals surface area contributed by atoms with Gasteiger partial charge in [-0.25, -0.2) is 0 Å². The van der Waals surface area contributed by atoms with E-state index in [0.29, 0.717) is 23.4 Å². The number of nitrogens with one attached hydrogen (secondary N) is 1. The van der Waals surface area contributed by atoms with Gasteiger partial charge < -0.3 is 4.74 Å². The summed E-state index contributed by atoms with van der Waals surface area (Å²) in [5, 5.41) is 7.20. The molecule has 2 nitrogen and oxygen atoms in total. The molecule has 0 amide bonds. The third-order valence-corrected chi connectivity index (χ3v) is 1.58. The van der Waals surface area contributed by atoms with Crippen molar-refractivity contribution < 1.29 is 4.74 Å². The highest BCUT2D eigenvalue weighted by atomic mass is 32.2. The van der Waals surface area contributed by atoms with Gasteiger partial charge in [-0.1, -0.05) is 0 Å². The van der Waals surface area contributed by atoms with Crippen LogP contribution in [0.3, 0.4) is 0 Å². The lowest BCUT2D eigenvalue weighted by molar-refractivity contribution is 0.322. The fourth-order valence-electron chi connectivity index (χ4n) is 0.478. The molecule has 0 aliphatic heterocycles. The van der Waals surface area contributed by atoms with Crippen molar-refractivity contribution in [3.05, 3.63) is 0 Å². The first-order chi connectivity index (χ1) is 4.16. The second kappa shape index (κ2) is 4.68. The Hall–Kier alpha value is -0.180. The Morgan fingerprint density at radius 3 is 2.44 bits per heavy atom. The Balaban J connectivity index is 3.27. The van der Waals surface area contributed by atoms with Crippen LogP contribution >= 0.6 is 0 Å². The monoisotopic (exact) mass is 148 g/mol. The van der Waals surface area contributed by atoms with E-state index in [-0.39, 0.29) is 0 Å². The lowest BCUT2D eigenvalue weighted by Gasteiger charge is -2.00. The molecule has 54 valence electrons. The van der Waals surface area contributed by atoms with Gasteiger partial charge in [-0.15, -0.1) is 0 Å². The summed E-state index contributed by atoms with van der Waals surface area (Å²) in [4.78, 5) is 0. The van der Waals surface area contributed by atoms with Crippen molar-refractivity contribution in [2.75, 3.05) is 24.9 Å². The van der Waals surface area contributed by atoms with E-state index in [1.54, 1.807) is 0 Å². The molecule has 0 unspecified atom stereocenters. The lowest BCUT2D eigenvalue weighted by Crippen LogP contribution is -2.15. The van der Waals surface area contributed by atoms with Crippen molar-refractivity contribution >= 4 is 16.8 Å². The number of hydrogen-bond acceptors (Lipinski definition) is 2. The molecule has 0 atom stereocenters. The van der Waals surface area contributed by atoms with Crippen LogP contribution in [0.4, 0.5) is 0 Å². The van der Waals surface area contributed by atoms with Crippen LogP contribution in [0.25, 0.3) is 0 Å². The molecule has 0 saturated carbocycles. The van der Waals surface area contributed by atoms with E-state index in [0.717, 1.165) is 5.75 Å². The zero-order valence-corrected chi connectivity index (χ0v) is 7.05. The van der Waals surface area contributed by atoms with Crippen LogP contribution < -0.4 is 0 Å². The minimum absolute atomic E-state index is 0.303. The van der Waals surface area contributed by atoms with Crippen LogP contribution in [0, 0.1) is 5.41 Å². The van der Waals surface area contributed by atoms with E-state index in [1.807, 2.05) is 6.92 Å². The number of ether oxygens (including phenoxy) is 1. The Morgan fingerprint density at radius 2 is 2.11 bits per heavy atom. The summed E-state index contributed by atoms with van der Waals surface area (Å²) in [6.07, 6.45) is 4.21. The van der Waals surface area contributed by atoms with Gasteiger partial charge in [0.15, 0.2) is 5.75 Å². The number of hydrogen-bond donors (Lipinski definition) is 1. The molecular formula is C6H14NOS+. The standard InChI is InChI=1S/C6H14NOS/c1-4-8-6(7)5-9(2)3/h7H,4-5H2,1-3H3/q+1. The first kappa shape index (κ1) is 8.82. The molecular weight excluding hydrogens is 134 g/mol. The second-order valence-corrected chi connectivity index (χ2v) is 4.25. The predicted octanol–water partition coefficient (Wildman–Crippen LogP) is 0.878. The van der Waals surface area contributed by atoms with E-state index in [4.69, 9.17) is 10.1 Å². The van der Waals surface area contributed by atoms with Gasteiger partial charge in [0.1, 0.15) is 0 Å². The van der Waals surface area contributed by atoms with Crippen LogP contribution in [-0.2, 0) is 15.6 Å². The van der Waals surface area contributed by atoms with Crippen molar-refractivity contribution in [3.8, 4) is 0 Å². The first-order valence-electron chi connectivity index (χ1n) is 2.91. The molecule has 1 N–H and O–H groups in total. The summed E-state index contributed by atoms with van der Waals surface area (Å²) in [6.45, 7) is 2.52. The molecule has 3 heteroatoms. The fourth-order valence-corrected chi connectivity index (χ4v) is 1.09. The van der Waals surface area contributed by atoms with Crippen molar-refractivity contribution in [3.63, 3.8) is 0 Å². The van der Waals surface area contributed by atoms with Gasteiger partial charge in [0.25, 0.3) is 0 Å². The number of rotatable bonds is 3. The SMILES string of the molecule is CCOC(=N)C[S+](C)C. The first-order valence-corrected chi connectivity index (χ1v) is 5.12. The Bertz CT molecular complexity index is 93.1. The third-order valence-electron chi connectivity index (χ3n) is 0.738. The second-order valence-electron chi connectivity index (χ2n) is 1.99. The van der Waals surface area contributed by atoms with Gasteiger partial charge in [-0.05, 0) is 17.8 Å². The highest BCUT2D eigenvalue weighted by Crippen LogP contribution is 1.86. The Labute approximate surface area is 59.5 Å². The predicted molar refractivity (Wildman–Crippen MR) is 43.4 cm³/mol. The minimum atomic E-state index is 0.303. The third kappa shape index (κ3) is 5.69. The maximum Gasteiger partial charge on any atom is 0.232 e. The summed E-state index contributed by atoms with van der Waals surface area (Å²) in [7, 11) is 0.303. The van der Waals surface area contributed by atoms with E-state index in [9.17, 15) is 0 Å². The summed E-state index contributed by atoms with van der Waals surface area (Å²) >= 11 is 0. The molecule has 0 fully saturated rings. The molecule has 0 saturated heterocycles. The van der Waals surface area contributed by atoms with Gasteiger partial charge in [0.2, 0.25) is 5.90 Å². The Kier molecular flexibility index (Phi) is 4.58. The van der Waals surface area contributed by atoms with Crippen LogP contribution in [0.5, 0.6) is 0 Å². The van der Waals surface area contributed by atoms with Crippen LogP contribution in [0.2, 0.25) is 0 Å². The molecule has 0 aliphatic rings. The summed E-state index contributed by atoms with van der Waals surface area (Å²) in [6, 6.07) is 0. The minimum Gasteiger partial charge on any atom is -0.478 e. The van der Waals surface area contributed by atoms with Gasteiger partial charge in [-0.2, -0.15) is 0 Å². The average molecular weight is 148 g/mol. The zero-order valence-electron chi connectivity index (χ0n) is 6.23. The molecule has 0 radical (unpaired) electrons. The van der Waals surface area contributed by atoms with E-state index in [1.165, 1.54) is 0 Å². The smallest absolute Gasteiger partial charge is 0.232 e. The molecule has 0 aromatic carbocycles. The topological polar surface area (TPSA) is 33.1 Å². The van der Waals surface area contributed by atoms with Crippen molar-refractivity contribution in [1.82, 2.24) is 0 Å². The molecule has 0 aromatic rings. The van der Waals surface area contributed by atoms with Crippen LogP contribution in [0.15, 0.2) is 0 Å². The zero-order chi connectivity index (χ0) is 7.28. The van der Waals surface area contributed by atoms with Gasteiger partial charge in [0.05, 0.1) is 19.1 Å². The van der Waals surface area contributed by atoms with Crippen molar-refractivity contribution in [2.24, 2.45) is 0 Å². The van der Waals surface area contributed by atoms with Crippen LogP contribution in [0.1, 0.15) is 6.92 Å². The van der Waals surface area contributed by atoms with Gasteiger partial charge in [0, 0.05) is 0 Å². The van der Waals surface area contributed by atoms with E-state index < -0.39 is 0 Å². The molecule has 9 heavy (non-hydrogen) atoms. The quantitative estimate of drug-likeness (QED) is 0.360. The highest BCUT2D eigenvalue weighted by Gasteiger charge is 2.06. The summed E-state index contributed by atoms with van der Waals surface area (Å²) in [5.74, 6) is 1.21. The van der Waals surface area contributed by atoms with Gasteiger partial charge in [-0.3, -0.25) is 5.41 Å². The van der Waals surface area contributed by atoms with E-state index >= 15 is 0 Å². The van der Waals surface area contributed by atoms with Gasteiger partial charge >= 0.3 is 0 Å². The van der Waals surface area contributed by atoms with Crippen molar-refractivity contribution in [1.29, 1.82) is 5.41 Å². The largest absolute Gasteiger partial charge is 0.478 e. The normalized spacial score (nSPS) is 9.78. The molecule has 0 aliphatic carbocycles. The molecule has 0 spiro atoms. The molecule has 0 bridgehead atoms. The molecule has 0 heterocycles.